The Kier molecular flexibility index (Phi) is 7.49. The lowest BCUT2D eigenvalue weighted by Gasteiger charge is -2.35. The standard InChI is InChI=1S/C23H28ClN5O3S/c1-15-9-16(2)12-28(11-15)22-26-27-23(29(22)13-18-5-4-8-32-18)33-14-21(30)25-17-6-7-20(31-3)19(24)10-17/h4-8,10,15-16H,9,11-14H2,1-3H3,(H,25,30). The highest BCUT2D eigenvalue weighted by Crippen LogP contribution is 2.30. The minimum absolute atomic E-state index is 0.157. The highest BCUT2D eigenvalue weighted by molar-refractivity contribution is 7.99. The van der Waals surface area contributed by atoms with Crippen molar-refractivity contribution in [3.05, 3.63) is 47.4 Å². The summed E-state index contributed by atoms with van der Waals surface area (Å²) in [7, 11) is 1.55. The topological polar surface area (TPSA) is 85.4 Å². The third kappa shape index (κ3) is 5.83. The highest BCUT2D eigenvalue weighted by Gasteiger charge is 2.27. The van der Waals surface area contributed by atoms with Crippen molar-refractivity contribution in [2.75, 3.05) is 36.2 Å². The molecule has 1 N–H and O–H groups in total. The van der Waals surface area contributed by atoms with E-state index >= 15 is 0 Å². The molecule has 33 heavy (non-hydrogen) atoms. The number of amides is 1. The number of furan rings is 1. The summed E-state index contributed by atoms with van der Waals surface area (Å²) in [4.78, 5) is 14.9. The van der Waals surface area contributed by atoms with Gasteiger partial charge in [-0.2, -0.15) is 0 Å². The van der Waals surface area contributed by atoms with E-state index < -0.39 is 0 Å². The zero-order chi connectivity index (χ0) is 23.4. The molecule has 2 unspecified atom stereocenters. The minimum atomic E-state index is -0.157. The Morgan fingerprint density at radius 2 is 2.06 bits per heavy atom. The predicted molar refractivity (Wildman–Crippen MR) is 130 cm³/mol. The Morgan fingerprint density at radius 1 is 1.27 bits per heavy atom. The zero-order valence-electron chi connectivity index (χ0n) is 19.0. The van der Waals surface area contributed by atoms with Crippen molar-refractivity contribution in [3.8, 4) is 5.75 Å². The van der Waals surface area contributed by atoms with Crippen molar-refractivity contribution in [2.45, 2.75) is 32.0 Å². The van der Waals surface area contributed by atoms with Crippen molar-refractivity contribution >= 4 is 40.9 Å². The molecule has 0 aliphatic carbocycles. The molecule has 2 aromatic heterocycles. The van der Waals surface area contributed by atoms with Gasteiger partial charge in [-0.25, -0.2) is 0 Å². The van der Waals surface area contributed by atoms with E-state index in [2.05, 4.69) is 34.3 Å². The van der Waals surface area contributed by atoms with E-state index in [1.165, 1.54) is 18.2 Å². The van der Waals surface area contributed by atoms with Gasteiger partial charge < -0.3 is 19.4 Å². The maximum absolute atomic E-state index is 12.6. The Labute approximate surface area is 202 Å². The first-order valence-electron chi connectivity index (χ1n) is 10.9. The number of rotatable bonds is 8. The quantitative estimate of drug-likeness (QED) is 0.455. The van der Waals surface area contributed by atoms with Gasteiger partial charge in [-0.1, -0.05) is 37.2 Å². The third-order valence-electron chi connectivity index (χ3n) is 5.51. The number of aromatic nitrogens is 3. The Hall–Kier alpha value is -2.65. The second-order valence-corrected chi connectivity index (χ2v) is 9.83. The number of halogens is 1. The van der Waals surface area contributed by atoms with E-state index in [1.807, 2.05) is 16.7 Å². The fourth-order valence-corrected chi connectivity index (χ4v) is 5.21. The lowest BCUT2D eigenvalue weighted by atomic mass is 9.92. The van der Waals surface area contributed by atoms with E-state index in [0.29, 0.717) is 40.0 Å². The Balaban J connectivity index is 1.48. The van der Waals surface area contributed by atoms with E-state index in [4.69, 9.17) is 20.8 Å². The van der Waals surface area contributed by atoms with Crippen molar-refractivity contribution < 1.29 is 13.9 Å². The number of thioether (sulfide) groups is 1. The number of carbonyl (C=O) groups excluding carboxylic acids is 1. The maximum Gasteiger partial charge on any atom is 0.234 e. The van der Waals surface area contributed by atoms with Crippen LogP contribution in [0.25, 0.3) is 0 Å². The van der Waals surface area contributed by atoms with Gasteiger partial charge in [-0.05, 0) is 48.6 Å². The molecule has 1 saturated heterocycles. The number of piperidine rings is 1. The second-order valence-electron chi connectivity index (χ2n) is 8.49. The number of methoxy groups -OCH3 is 1. The molecule has 0 radical (unpaired) electrons. The van der Waals surface area contributed by atoms with Crippen LogP contribution in [0.5, 0.6) is 5.75 Å². The summed E-state index contributed by atoms with van der Waals surface area (Å²) in [6.45, 7) is 6.91. The summed E-state index contributed by atoms with van der Waals surface area (Å²) in [6.07, 6.45) is 2.87. The lowest BCUT2D eigenvalue weighted by molar-refractivity contribution is -0.113. The van der Waals surface area contributed by atoms with Crippen LogP contribution in [-0.2, 0) is 11.3 Å². The fourth-order valence-electron chi connectivity index (χ4n) is 4.22. The Bertz CT molecular complexity index is 1080. The van der Waals surface area contributed by atoms with Crippen LogP contribution < -0.4 is 15.0 Å². The van der Waals surface area contributed by atoms with Gasteiger partial charge in [-0.15, -0.1) is 10.2 Å². The number of hydrogen-bond donors (Lipinski definition) is 1. The van der Waals surface area contributed by atoms with Crippen LogP contribution in [0.4, 0.5) is 11.6 Å². The molecular formula is C23H28ClN5O3S. The molecule has 8 nitrogen and oxygen atoms in total. The number of nitrogens with zero attached hydrogens (tertiary/aromatic N) is 4. The maximum atomic E-state index is 12.6. The molecule has 0 spiro atoms. The molecule has 176 valence electrons. The van der Waals surface area contributed by atoms with Gasteiger partial charge in [0.25, 0.3) is 0 Å². The van der Waals surface area contributed by atoms with Crippen LogP contribution in [0.1, 0.15) is 26.0 Å². The van der Waals surface area contributed by atoms with Crippen LogP contribution in [-0.4, -0.2) is 46.6 Å². The van der Waals surface area contributed by atoms with Crippen LogP contribution in [0.3, 0.4) is 0 Å². The van der Waals surface area contributed by atoms with Crippen molar-refractivity contribution in [1.29, 1.82) is 0 Å². The summed E-state index contributed by atoms with van der Waals surface area (Å²) >= 11 is 7.50. The fraction of sp³-hybridized carbons (Fsp3) is 0.435. The molecule has 1 amide bonds. The number of benzene rings is 1. The van der Waals surface area contributed by atoms with E-state index in [0.717, 1.165) is 24.8 Å². The largest absolute Gasteiger partial charge is 0.495 e. The molecule has 0 saturated carbocycles. The molecule has 10 heteroatoms. The number of hydrogen-bond acceptors (Lipinski definition) is 7. The third-order valence-corrected chi connectivity index (χ3v) is 6.77. The van der Waals surface area contributed by atoms with Crippen LogP contribution >= 0.6 is 23.4 Å². The first-order chi connectivity index (χ1) is 15.9. The van der Waals surface area contributed by atoms with Crippen LogP contribution in [0.2, 0.25) is 5.02 Å². The van der Waals surface area contributed by atoms with Crippen molar-refractivity contribution in [1.82, 2.24) is 14.8 Å². The summed E-state index contributed by atoms with van der Waals surface area (Å²) in [6, 6.07) is 8.94. The van der Waals surface area contributed by atoms with Gasteiger partial charge in [0, 0.05) is 18.8 Å². The molecule has 3 heterocycles. The highest BCUT2D eigenvalue weighted by atomic mass is 35.5. The molecule has 0 bridgehead atoms. The van der Waals surface area contributed by atoms with Gasteiger partial charge in [0.2, 0.25) is 11.9 Å². The summed E-state index contributed by atoms with van der Waals surface area (Å²) < 4.78 is 12.8. The summed E-state index contributed by atoms with van der Waals surface area (Å²) in [5, 5.41) is 12.9. The second kappa shape index (κ2) is 10.5. The zero-order valence-corrected chi connectivity index (χ0v) is 20.5. The average Bonchev–Trinajstić information content (AvgIpc) is 3.42. The summed E-state index contributed by atoms with van der Waals surface area (Å²) in [5.41, 5.74) is 0.612. The molecule has 1 fully saturated rings. The minimum Gasteiger partial charge on any atom is -0.495 e. The van der Waals surface area contributed by atoms with Gasteiger partial charge in [0.1, 0.15) is 11.5 Å². The average molecular weight is 490 g/mol. The summed E-state index contributed by atoms with van der Waals surface area (Å²) in [5.74, 6) is 3.39. The van der Waals surface area contributed by atoms with Crippen molar-refractivity contribution in [2.24, 2.45) is 11.8 Å². The van der Waals surface area contributed by atoms with Crippen LogP contribution in [0, 0.1) is 11.8 Å². The van der Waals surface area contributed by atoms with Gasteiger partial charge in [0.15, 0.2) is 5.16 Å². The molecule has 2 atom stereocenters. The molecule has 3 aromatic rings. The number of nitrogens with one attached hydrogen (secondary N) is 1. The molecule has 1 aliphatic rings. The first-order valence-corrected chi connectivity index (χ1v) is 12.3. The monoisotopic (exact) mass is 489 g/mol. The number of ether oxygens (including phenoxy) is 1. The molecule has 1 aliphatic heterocycles. The normalized spacial score (nSPS) is 18.4. The van der Waals surface area contributed by atoms with Gasteiger partial charge in [0.05, 0.1) is 30.7 Å². The van der Waals surface area contributed by atoms with Gasteiger partial charge in [-0.3, -0.25) is 9.36 Å². The smallest absolute Gasteiger partial charge is 0.234 e. The molecule has 4 rings (SSSR count). The van der Waals surface area contributed by atoms with Crippen molar-refractivity contribution in [3.63, 3.8) is 0 Å². The van der Waals surface area contributed by atoms with Gasteiger partial charge >= 0.3 is 0 Å². The van der Waals surface area contributed by atoms with E-state index in [9.17, 15) is 4.79 Å². The number of anilines is 2. The lowest BCUT2D eigenvalue weighted by Crippen LogP contribution is -2.40. The molecular weight excluding hydrogens is 462 g/mol. The number of carbonyl (C=O) groups is 1. The first kappa shape index (κ1) is 23.5. The van der Waals surface area contributed by atoms with Crippen LogP contribution in [0.15, 0.2) is 46.2 Å². The predicted octanol–water partition coefficient (Wildman–Crippen LogP) is 4.79. The Morgan fingerprint density at radius 3 is 2.73 bits per heavy atom. The van der Waals surface area contributed by atoms with E-state index in [1.54, 1.807) is 31.6 Å². The SMILES string of the molecule is COc1ccc(NC(=O)CSc2nnc(N3CC(C)CC(C)C3)n2Cc2ccco2)cc1Cl. The van der Waals surface area contributed by atoms with E-state index in [-0.39, 0.29) is 11.7 Å². The molecule has 1 aromatic carbocycles.